The number of hydrogen-bond acceptors (Lipinski definition) is 2. The number of rotatable bonds is 5. The molecule has 0 spiro atoms. The molecule has 15 heavy (non-hydrogen) atoms. The number of aliphatic hydroxyl groups is 1. The molecule has 84 valence electrons. The third-order valence-corrected chi connectivity index (χ3v) is 2.34. The van der Waals surface area contributed by atoms with Crippen LogP contribution < -0.4 is 5.32 Å². The smallest absolute Gasteiger partial charge is 0.123 e. The van der Waals surface area contributed by atoms with Gasteiger partial charge in [0, 0.05) is 13.1 Å². The minimum atomic E-state index is -0.349. The van der Waals surface area contributed by atoms with Crippen molar-refractivity contribution in [3.8, 4) is 0 Å². The Kier molecular flexibility index (Phi) is 4.72. The highest BCUT2D eigenvalue weighted by molar-refractivity contribution is 5.15. The van der Waals surface area contributed by atoms with Gasteiger partial charge in [-0.15, -0.1) is 0 Å². The lowest BCUT2D eigenvalue weighted by Crippen LogP contribution is -2.30. The quantitative estimate of drug-likeness (QED) is 0.780. The minimum Gasteiger partial charge on any atom is -0.392 e. The maximum Gasteiger partial charge on any atom is 0.123 e. The Hall–Kier alpha value is -0.930. The van der Waals surface area contributed by atoms with Gasteiger partial charge in [-0.2, -0.15) is 0 Å². The minimum absolute atomic E-state index is 0.223. The first-order chi connectivity index (χ1) is 7.09. The lowest BCUT2D eigenvalue weighted by Gasteiger charge is -2.14. The van der Waals surface area contributed by atoms with Crippen molar-refractivity contribution in [3.63, 3.8) is 0 Å². The highest BCUT2D eigenvalue weighted by Crippen LogP contribution is 2.03. The Labute approximate surface area is 90.1 Å². The molecule has 0 aliphatic rings. The third kappa shape index (κ3) is 4.40. The maximum atomic E-state index is 12.8. The van der Waals surface area contributed by atoms with E-state index < -0.39 is 0 Å². The van der Waals surface area contributed by atoms with Crippen LogP contribution in [-0.2, 0) is 6.54 Å². The molecule has 2 nitrogen and oxygen atoms in total. The first kappa shape index (κ1) is 12.1. The van der Waals surface area contributed by atoms with Gasteiger partial charge in [0.2, 0.25) is 0 Å². The van der Waals surface area contributed by atoms with Gasteiger partial charge < -0.3 is 10.4 Å². The van der Waals surface area contributed by atoms with Crippen molar-refractivity contribution in [1.29, 1.82) is 0 Å². The molecule has 2 N–H and O–H groups in total. The standard InChI is InChI=1S/C12H18FNO/c1-9(2)12(15)8-14-7-10-4-3-5-11(13)6-10/h3-6,9,12,14-15H,7-8H2,1-2H3. The van der Waals surface area contributed by atoms with Crippen LogP contribution >= 0.6 is 0 Å². The summed E-state index contributed by atoms with van der Waals surface area (Å²) in [6.45, 7) is 5.05. The molecule has 0 fully saturated rings. The molecule has 0 amide bonds. The molecule has 0 bridgehead atoms. The van der Waals surface area contributed by atoms with Crippen molar-refractivity contribution in [1.82, 2.24) is 5.32 Å². The number of aliphatic hydroxyl groups excluding tert-OH is 1. The van der Waals surface area contributed by atoms with Crippen LogP contribution in [0.15, 0.2) is 24.3 Å². The fourth-order valence-corrected chi connectivity index (χ4v) is 1.25. The van der Waals surface area contributed by atoms with Gasteiger partial charge in [-0.25, -0.2) is 4.39 Å². The zero-order valence-electron chi connectivity index (χ0n) is 9.20. The number of hydrogen-bond donors (Lipinski definition) is 2. The van der Waals surface area contributed by atoms with Gasteiger partial charge in [-0.3, -0.25) is 0 Å². The Bertz CT molecular complexity index is 301. The molecule has 0 aliphatic heterocycles. The van der Waals surface area contributed by atoms with Crippen molar-refractivity contribution in [2.45, 2.75) is 26.5 Å². The molecule has 0 aliphatic carbocycles. The van der Waals surface area contributed by atoms with E-state index in [1.54, 1.807) is 6.07 Å². The molecule has 1 unspecified atom stereocenters. The van der Waals surface area contributed by atoms with E-state index in [1.165, 1.54) is 12.1 Å². The predicted molar refractivity (Wildman–Crippen MR) is 59.0 cm³/mol. The van der Waals surface area contributed by atoms with E-state index in [2.05, 4.69) is 5.32 Å². The molecule has 3 heteroatoms. The van der Waals surface area contributed by atoms with Crippen molar-refractivity contribution >= 4 is 0 Å². The monoisotopic (exact) mass is 211 g/mol. The fourth-order valence-electron chi connectivity index (χ4n) is 1.25. The molecule has 1 aromatic carbocycles. The summed E-state index contributed by atoms with van der Waals surface area (Å²) in [5, 5.41) is 12.6. The van der Waals surface area contributed by atoms with Crippen LogP contribution in [-0.4, -0.2) is 17.8 Å². The van der Waals surface area contributed by atoms with Crippen LogP contribution in [0.5, 0.6) is 0 Å². The second kappa shape index (κ2) is 5.83. The molecule has 0 aromatic heterocycles. The van der Waals surface area contributed by atoms with E-state index in [9.17, 15) is 9.50 Å². The van der Waals surface area contributed by atoms with Crippen LogP contribution in [0.2, 0.25) is 0 Å². The first-order valence-corrected chi connectivity index (χ1v) is 5.23. The second-order valence-electron chi connectivity index (χ2n) is 4.07. The second-order valence-corrected chi connectivity index (χ2v) is 4.07. The van der Waals surface area contributed by atoms with Crippen molar-refractivity contribution in [3.05, 3.63) is 35.6 Å². The van der Waals surface area contributed by atoms with Gasteiger partial charge >= 0.3 is 0 Å². The highest BCUT2D eigenvalue weighted by atomic mass is 19.1. The van der Waals surface area contributed by atoms with E-state index >= 15 is 0 Å². The summed E-state index contributed by atoms with van der Waals surface area (Å²) in [7, 11) is 0. The number of benzene rings is 1. The predicted octanol–water partition coefficient (Wildman–Crippen LogP) is 1.93. The zero-order valence-corrected chi connectivity index (χ0v) is 9.20. The van der Waals surface area contributed by atoms with Crippen LogP contribution in [0.1, 0.15) is 19.4 Å². The lowest BCUT2D eigenvalue weighted by molar-refractivity contribution is 0.123. The molecule has 0 saturated heterocycles. The molecular weight excluding hydrogens is 193 g/mol. The van der Waals surface area contributed by atoms with Crippen LogP contribution in [0.25, 0.3) is 0 Å². The van der Waals surface area contributed by atoms with E-state index in [-0.39, 0.29) is 17.8 Å². The Balaban J connectivity index is 2.32. The topological polar surface area (TPSA) is 32.3 Å². The summed E-state index contributed by atoms with van der Waals surface area (Å²) in [6, 6.07) is 6.46. The van der Waals surface area contributed by atoms with E-state index in [0.29, 0.717) is 13.1 Å². The molecule has 1 aromatic rings. The van der Waals surface area contributed by atoms with Crippen molar-refractivity contribution < 1.29 is 9.50 Å². The molecule has 0 saturated carbocycles. The third-order valence-electron chi connectivity index (χ3n) is 2.34. The van der Waals surface area contributed by atoms with E-state index in [0.717, 1.165) is 5.56 Å². The molecule has 0 radical (unpaired) electrons. The van der Waals surface area contributed by atoms with E-state index in [1.807, 2.05) is 19.9 Å². The highest BCUT2D eigenvalue weighted by Gasteiger charge is 2.07. The molecule has 1 atom stereocenters. The summed E-state index contributed by atoms with van der Waals surface area (Å²) >= 11 is 0. The van der Waals surface area contributed by atoms with Crippen LogP contribution in [0.3, 0.4) is 0 Å². The number of halogens is 1. The SMILES string of the molecule is CC(C)C(O)CNCc1cccc(F)c1. The van der Waals surface area contributed by atoms with Crippen LogP contribution in [0.4, 0.5) is 4.39 Å². The molecule has 0 heterocycles. The largest absolute Gasteiger partial charge is 0.392 e. The lowest BCUT2D eigenvalue weighted by atomic mass is 10.1. The zero-order chi connectivity index (χ0) is 11.3. The van der Waals surface area contributed by atoms with Crippen LogP contribution in [0, 0.1) is 11.7 Å². The average Bonchev–Trinajstić information content (AvgIpc) is 2.17. The number of nitrogens with one attached hydrogen (secondary N) is 1. The fraction of sp³-hybridized carbons (Fsp3) is 0.500. The summed E-state index contributed by atoms with van der Waals surface area (Å²) in [4.78, 5) is 0. The Morgan fingerprint density at radius 2 is 2.13 bits per heavy atom. The Morgan fingerprint density at radius 1 is 1.40 bits per heavy atom. The van der Waals surface area contributed by atoms with Crippen molar-refractivity contribution in [2.24, 2.45) is 5.92 Å². The van der Waals surface area contributed by atoms with Gasteiger partial charge in [0.05, 0.1) is 6.10 Å². The van der Waals surface area contributed by atoms with Gasteiger partial charge in [0.25, 0.3) is 0 Å². The summed E-state index contributed by atoms with van der Waals surface area (Å²) in [6.07, 6.45) is -0.349. The van der Waals surface area contributed by atoms with E-state index in [4.69, 9.17) is 0 Å². The first-order valence-electron chi connectivity index (χ1n) is 5.23. The normalized spacial score (nSPS) is 13.1. The van der Waals surface area contributed by atoms with Gasteiger partial charge in [-0.05, 0) is 23.6 Å². The Morgan fingerprint density at radius 3 is 2.73 bits per heavy atom. The average molecular weight is 211 g/mol. The molecule has 1 rings (SSSR count). The van der Waals surface area contributed by atoms with Crippen molar-refractivity contribution in [2.75, 3.05) is 6.54 Å². The summed E-state index contributed by atoms with van der Waals surface area (Å²) in [5.74, 6) is 0.0173. The van der Waals surface area contributed by atoms with Gasteiger partial charge in [-0.1, -0.05) is 26.0 Å². The summed E-state index contributed by atoms with van der Waals surface area (Å²) < 4.78 is 12.8. The van der Waals surface area contributed by atoms with Gasteiger partial charge in [0.1, 0.15) is 5.82 Å². The van der Waals surface area contributed by atoms with Gasteiger partial charge in [0.15, 0.2) is 0 Å². The maximum absolute atomic E-state index is 12.8. The summed E-state index contributed by atoms with van der Waals surface area (Å²) in [5.41, 5.74) is 0.894. The molecular formula is C12H18FNO.